The summed E-state index contributed by atoms with van der Waals surface area (Å²) in [6, 6.07) is 5.00. The minimum absolute atomic E-state index is 0.0252. The fraction of sp³-hybridized carbons (Fsp3) is 0.571. The molecular formula is C21H25ClN2O6. The van der Waals surface area contributed by atoms with Gasteiger partial charge in [-0.1, -0.05) is 11.6 Å². The number of carbonyl (C=O) groups excluding carboxylic acids is 3. The summed E-state index contributed by atoms with van der Waals surface area (Å²) >= 11 is 6.00. The molecule has 8 nitrogen and oxygen atoms in total. The molecule has 9 heteroatoms. The van der Waals surface area contributed by atoms with E-state index >= 15 is 0 Å². The van der Waals surface area contributed by atoms with Gasteiger partial charge < -0.3 is 24.4 Å². The molecule has 1 aromatic carbocycles. The molecule has 2 fully saturated rings. The summed E-state index contributed by atoms with van der Waals surface area (Å²) in [6.07, 6.45) is 1.18. The molecule has 1 aromatic rings. The third kappa shape index (κ3) is 4.77. The highest BCUT2D eigenvalue weighted by Gasteiger charge is 2.43. The van der Waals surface area contributed by atoms with Gasteiger partial charge in [-0.3, -0.25) is 14.4 Å². The Morgan fingerprint density at radius 3 is 2.93 bits per heavy atom. The van der Waals surface area contributed by atoms with Crippen molar-refractivity contribution in [3.63, 3.8) is 0 Å². The second kappa shape index (κ2) is 8.91. The predicted octanol–water partition coefficient (Wildman–Crippen LogP) is 1.59. The first-order valence-electron chi connectivity index (χ1n) is 10.2. The Kier molecular flexibility index (Phi) is 6.26. The lowest BCUT2D eigenvalue weighted by Gasteiger charge is -2.37. The van der Waals surface area contributed by atoms with Crippen molar-refractivity contribution >= 4 is 29.2 Å². The standard InChI is InChI=1S/C21H25ClN2O6/c22-14-1-2-18-16(9-14)17(25)10-21(30-18)4-3-20(27)24(6-5-21)12-19(26)23-11-15-13-28-7-8-29-15/h1-2,9,15H,3-8,10-13H2,(H,23,26)/t15-,21-/m1/s1. The molecule has 0 unspecified atom stereocenters. The Hall–Kier alpha value is -2.16. The monoisotopic (exact) mass is 436 g/mol. The van der Waals surface area contributed by atoms with Gasteiger partial charge in [0.1, 0.15) is 11.4 Å². The molecule has 30 heavy (non-hydrogen) atoms. The zero-order valence-corrected chi connectivity index (χ0v) is 17.4. The molecule has 0 bridgehead atoms. The van der Waals surface area contributed by atoms with E-state index in [0.29, 0.717) is 62.1 Å². The predicted molar refractivity (Wildman–Crippen MR) is 108 cm³/mol. The van der Waals surface area contributed by atoms with Crippen LogP contribution in [0, 0.1) is 0 Å². The largest absolute Gasteiger partial charge is 0.486 e. The van der Waals surface area contributed by atoms with Crippen LogP contribution < -0.4 is 10.1 Å². The number of carbonyl (C=O) groups is 3. The Balaban J connectivity index is 1.35. The lowest BCUT2D eigenvalue weighted by atomic mass is 9.84. The van der Waals surface area contributed by atoms with E-state index in [2.05, 4.69) is 5.32 Å². The number of amides is 2. The SMILES string of the molecule is O=C(CN1CC[C@]2(CCC1=O)CC(=O)c1cc(Cl)ccc1O2)NC[C@@H]1COCCO1. The summed E-state index contributed by atoms with van der Waals surface area (Å²) in [6.45, 7) is 2.21. The maximum atomic E-state index is 12.7. The van der Waals surface area contributed by atoms with Crippen molar-refractivity contribution in [3.05, 3.63) is 28.8 Å². The van der Waals surface area contributed by atoms with Crippen molar-refractivity contribution in [2.75, 3.05) is 39.5 Å². The van der Waals surface area contributed by atoms with Crippen LogP contribution in [0.1, 0.15) is 36.0 Å². The number of hydrogen-bond donors (Lipinski definition) is 1. The number of ether oxygens (including phenoxy) is 3. The molecular weight excluding hydrogens is 412 g/mol. The summed E-state index contributed by atoms with van der Waals surface area (Å²) in [5.74, 6) is 0.113. The number of fused-ring (bicyclic) bond motifs is 1. The molecule has 0 aliphatic carbocycles. The molecule has 0 aromatic heterocycles. The van der Waals surface area contributed by atoms with Crippen molar-refractivity contribution in [3.8, 4) is 5.75 Å². The van der Waals surface area contributed by atoms with Gasteiger partial charge in [0.2, 0.25) is 11.8 Å². The molecule has 1 spiro atoms. The molecule has 4 rings (SSSR count). The lowest BCUT2D eigenvalue weighted by Crippen LogP contribution is -2.45. The second-order valence-electron chi connectivity index (χ2n) is 7.96. The van der Waals surface area contributed by atoms with Gasteiger partial charge in [-0.05, 0) is 24.6 Å². The van der Waals surface area contributed by atoms with Gasteiger partial charge in [-0.15, -0.1) is 0 Å². The highest BCUT2D eigenvalue weighted by Crippen LogP contribution is 2.40. The third-order valence-electron chi connectivity index (χ3n) is 5.78. The minimum atomic E-state index is -0.730. The zero-order chi connectivity index (χ0) is 21.1. The van der Waals surface area contributed by atoms with E-state index in [4.69, 9.17) is 25.8 Å². The quantitative estimate of drug-likeness (QED) is 0.770. The maximum absolute atomic E-state index is 12.7. The topological polar surface area (TPSA) is 94.2 Å². The van der Waals surface area contributed by atoms with Gasteiger partial charge >= 0.3 is 0 Å². The molecule has 0 radical (unpaired) electrons. The number of ketones is 1. The van der Waals surface area contributed by atoms with Crippen LogP contribution in [0.4, 0.5) is 0 Å². The molecule has 2 atom stereocenters. The van der Waals surface area contributed by atoms with E-state index in [9.17, 15) is 14.4 Å². The van der Waals surface area contributed by atoms with Crippen molar-refractivity contribution in [2.24, 2.45) is 0 Å². The zero-order valence-electron chi connectivity index (χ0n) is 16.7. The van der Waals surface area contributed by atoms with Gasteiger partial charge in [0.05, 0.1) is 44.5 Å². The molecule has 3 aliphatic heterocycles. The Bertz CT molecular complexity index is 841. The Labute approximate surface area is 179 Å². The van der Waals surface area contributed by atoms with Crippen LogP contribution in [-0.2, 0) is 19.1 Å². The number of rotatable bonds is 4. The van der Waals surface area contributed by atoms with Crippen LogP contribution in [0.5, 0.6) is 5.75 Å². The number of likely N-dealkylation sites (tertiary alicyclic amines) is 1. The second-order valence-corrected chi connectivity index (χ2v) is 8.40. The van der Waals surface area contributed by atoms with Crippen LogP contribution in [0.3, 0.4) is 0 Å². The van der Waals surface area contributed by atoms with Gasteiger partial charge in [-0.25, -0.2) is 0 Å². The smallest absolute Gasteiger partial charge is 0.239 e. The van der Waals surface area contributed by atoms with Crippen LogP contribution in [-0.4, -0.2) is 73.7 Å². The molecule has 3 aliphatic rings. The summed E-state index contributed by atoms with van der Waals surface area (Å²) in [5.41, 5.74) is -0.250. The minimum Gasteiger partial charge on any atom is -0.486 e. The highest BCUT2D eigenvalue weighted by atomic mass is 35.5. The average Bonchev–Trinajstić information content (AvgIpc) is 2.88. The van der Waals surface area contributed by atoms with E-state index in [1.165, 1.54) is 4.90 Å². The lowest BCUT2D eigenvalue weighted by molar-refractivity contribution is -0.136. The van der Waals surface area contributed by atoms with E-state index in [-0.39, 0.29) is 43.1 Å². The fourth-order valence-corrected chi connectivity index (χ4v) is 4.28. The first-order valence-corrected chi connectivity index (χ1v) is 10.6. The molecule has 1 N–H and O–H groups in total. The Morgan fingerprint density at radius 2 is 2.13 bits per heavy atom. The Morgan fingerprint density at radius 1 is 1.27 bits per heavy atom. The maximum Gasteiger partial charge on any atom is 0.239 e. The number of halogens is 1. The van der Waals surface area contributed by atoms with E-state index in [1.54, 1.807) is 18.2 Å². The number of hydrogen-bond acceptors (Lipinski definition) is 6. The summed E-state index contributed by atoms with van der Waals surface area (Å²) in [7, 11) is 0. The number of nitrogens with zero attached hydrogens (tertiary/aromatic N) is 1. The normalized spacial score (nSPS) is 26.7. The van der Waals surface area contributed by atoms with E-state index in [0.717, 1.165) is 0 Å². The van der Waals surface area contributed by atoms with Crippen LogP contribution in [0.25, 0.3) is 0 Å². The number of benzene rings is 1. The third-order valence-corrected chi connectivity index (χ3v) is 6.02. The highest BCUT2D eigenvalue weighted by molar-refractivity contribution is 6.31. The fourth-order valence-electron chi connectivity index (χ4n) is 4.10. The summed E-state index contributed by atoms with van der Waals surface area (Å²) < 4.78 is 17.0. The van der Waals surface area contributed by atoms with Gasteiger partial charge in [0, 0.05) is 31.0 Å². The number of Topliss-reactive ketones (excluding diaryl/α,β-unsaturated/α-hetero) is 1. The van der Waals surface area contributed by atoms with E-state index in [1.807, 2.05) is 0 Å². The molecule has 2 amide bonds. The van der Waals surface area contributed by atoms with Crippen molar-refractivity contribution in [1.29, 1.82) is 0 Å². The van der Waals surface area contributed by atoms with Gasteiger partial charge in [0.15, 0.2) is 5.78 Å². The van der Waals surface area contributed by atoms with Crippen LogP contribution >= 0.6 is 11.6 Å². The van der Waals surface area contributed by atoms with Crippen molar-refractivity contribution in [2.45, 2.75) is 37.4 Å². The van der Waals surface area contributed by atoms with Crippen molar-refractivity contribution < 1.29 is 28.6 Å². The summed E-state index contributed by atoms with van der Waals surface area (Å²) in [5, 5.41) is 3.29. The van der Waals surface area contributed by atoms with Crippen molar-refractivity contribution in [1.82, 2.24) is 10.2 Å². The van der Waals surface area contributed by atoms with Crippen LogP contribution in [0.15, 0.2) is 18.2 Å². The molecule has 162 valence electrons. The molecule has 2 saturated heterocycles. The summed E-state index contributed by atoms with van der Waals surface area (Å²) in [4.78, 5) is 39.1. The average molecular weight is 437 g/mol. The molecule has 0 saturated carbocycles. The van der Waals surface area contributed by atoms with Gasteiger partial charge in [0.25, 0.3) is 0 Å². The first kappa shape index (κ1) is 21.1. The number of nitrogens with one attached hydrogen (secondary N) is 1. The van der Waals surface area contributed by atoms with E-state index < -0.39 is 5.60 Å². The van der Waals surface area contributed by atoms with Crippen LogP contribution in [0.2, 0.25) is 5.02 Å². The molecule has 3 heterocycles. The first-order chi connectivity index (χ1) is 14.4. The van der Waals surface area contributed by atoms with Gasteiger partial charge in [-0.2, -0.15) is 0 Å².